The molecule has 2 fully saturated rings. The number of carboxylic acids is 2. The Bertz CT molecular complexity index is 954. The molecule has 4 rings (SSSR count). The fourth-order valence-corrected chi connectivity index (χ4v) is 4.40. The zero-order chi connectivity index (χ0) is 27.6. The highest BCUT2D eigenvalue weighted by atomic mass is 32.1. The van der Waals surface area contributed by atoms with Crippen LogP contribution in [0.3, 0.4) is 0 Å². The summed E-state index contributed by atoms with van der Waals surface area (Å²) in [6, 6.07) is 4.06. The molecule has 9 nitrogen and oxygen atoms in total. The number of piperidine rings is 1. The van der Waals surface area contributed by atoms with E-state index in [0.29, 0.717) is 17.8 Å². The average Bonchev–Trinajstić information content (AvgIpc) is 3.47. The lowest BCUT2D eigenvalue weighted by atomic mass is 9.84. The summed E-state index contributed by atoms with van der Waals surface area (Å²) in [6.45, 7) is 5.08. The van der Waals surface area contributed by atoms with Crippen LogP contribution in [0.2, 0.25) is 0 Å². The van der Waals surface area contributed by atoms with Crippen molar-refractivity contribution in [3.63, 3.8) is 0 Å². The third-order valence-electron chi connectivity index (χ3n) is 5.38. The number of aromatic nitrogens is 2. The smallest absolute Gasteiger partial charge is 0.475 e. The summed E-state index contributed by atoms with van der Waals surface area (Å²) >= 11 is 1.78. The summed E-state index contributed by atoms with van der Waals surface area (Å²) in [7, 11) is 0. The number of nitrogens with one attached hydrogen (secondary N) is 1. The van der Waals surface area contributed by atoms with E-state index in [4.69, 9.17) is 24.5 Å². The van der Waals surface area contributed by atoms with Gasteiger partial charge in [0.05, 0.1) is 12.7 Å². The Balaban J connectivity index is 0.000000286. The maximum absolute atomic E-state index is 10.6. The minimum absolute atomic E-state index is 0.284. The standard InChI is InChI=1S/C17H22N4OS.2C2HF3O2/c1-4-18-17(19-5-1)20-8-16-15-2-6-21(10-14(15)11-22-16)9-13-3-7-23-12-13;2*3-2(4,5)1(6)7/h1,3-5,7,12,14-16H,2,6,8-11H2,(H,18,19,20);2*(H,6,7)/t14-,15-,16-;;/m1../s1. The van der Waals surface area contributed by atoms with E-state index in [1.807, 2.05) is 6.07 Å². The van der Waals surface area contributed by atoms with E-state index >= 15 is 0 Å². The van der Waals surface area contributed by atoms with E-state index in [1.165, 1.54) is 18.5 Å². The van der Waals surface area contributed by atoms with Crippen LogP contribution >= 0.6 is 11.3 Å². The molecule has 0 bridgehead atoms. The number of alkyl halides is 6. The first-order chi connectivity index (χ1) is 17.3. The highest BCUT2D eigenvalue weighted by Crippen LogP contribution is 2.35. The Morgan fingerprint density at radius 1 is 1.11 bits per heavy atom. The number of halogens is 6. The van der Waals surface area contributed by atoms with Gasteiger partial charge in [0.2, 0.25) is 5.95 Å². The Morgan fingerprint density at radius 3 is 2.22 bits per heavy atom. The third kappa shape index (κ3) is 10.5. The Morgan fingerprint density at radius 2 is 1.70 bits per heavy atom. The highest BCUT2D eigenvalue weighted by Gasteiger charge is 2.41. The van der Waals surface area contributed by atoms with Crippen LogP contribution in [0, 0.1) is 11.8 Å². The highest BCUT2D eigenvalue weighted by molar-refractivity contribution is 7.07. The molecule has 0 aliphatic carbocycles. The number of fused-ring (bicyclic) bond motifs is 1. The van der Waals surface area contributed by atoms with E-state index in [1.54, 1.807) is 23.7 Å². The molecule has 0 aromatic carbocycles. The Hall–Kier alpha value is -2.98. The van der Waals surface area contributed by atoms with Crippen molar-refractivity contribution in [2.75, 3.05) is 31.6 Å². The molecular formula is C21H24F6N4O5S. The second-order valence-electron chi connectivity index (χ2n) is 8.01. The number of thiophene rings is 1. The lowest BCUT2D eigenvalue weighted by Crippen LogP contribution is -2.42. The minimum atomic E-state index is -5.08. The molecule has 2 aliphatic heterocycles. The van der Waals surface area contributed by atoms with Gasteiger partial charge in [-0.15, -0.1) is 0 Å². The molecule has 16 heteroatoms. The molecule has 2 aliphatic rings. The summed E-state index contributed by atoms with van der Waals surface area (Å²) in [6.07, 6.45) is -5.14. The predicted octanol–water partition coefficient (Wildman–Crippen LogP) is 3.75. The first-order valence-corrected chi connectivity index (χ1v) is 11.7. The monoisotopic (exact) mass is 558 g/mol. The molecule has 2 aromatic heterocycles. The summed E-state index contributed by atoms with van der Waals surface area (Å²) in [5.74, 6) is -3.51. The number of hydrogen-bond acceptors (Lipinski definition) is 8. The number of aliphatic carboxylic acids is 2. The van der Waals surface area contributed by atoms with Crippen LogP contribution in [-0.2, 0) is 20.9 Å². The number of rotatable bonds is 5. The lowest BCUT2D eigenvalue weighted by molar-refractivity contribution is -0.193. The first-order valence-electron chi connectivity index (χ1n) is 10.7. The van der Waals surface area contributed by atoms with Gasteiger partial charge in [-0.05, 0) is 47.3 Å². The zero-order valence-corrected chi connectivity index (χ0v) is 19.9. The number of hydrogen-bond donors (Lipinski definition) is 3. The second-order valence-corrected chi connectivity index (χ2v) is 8.79. The normalized spacial score (nSPS) is 21.5. The molecule has 37 heavy (non-hydrogen) atoms. The molecule has 3 N–H and O–H groups in total. The third-order valence-corrected chi connectivity index (χ3v) is 6.11. The number of likely N-dealkylation sites (tertiary alicyclic amines) is 1. The SMILES string of the molecule is O=C(O)C(F)(F)F.O=C(O)C(F)(F)F.c1cnc(NC[C@H]2OC[C@H]3CN(Cc4ccsc4)CC[C@H]32)nc1. The van der Waals surface area contributed by atoms with Gasteiger partial charge in [-0.3, -0.25) is 4.90 Å². The van der Waals surface area contributed by atoms with E-state index in [0.717, 1.165) is 26.2 Å². The summed E-state index contributed by atoms with van der Waals surface area (Å²) in [4.78, 5) is 28.8. The Labute approximate surface area is 211 Å². The first kappa shape index (κ1) is 30.2. The second kappa shape index (κ2) is 13.5. The topological polar surface area (TPSA) is 125 Å². The molecule has 0 unspecified atom stereocenters. The van der Waals surface area contributed by atoms with Crippen LogP contribution in [0.25, 0.3) is 0 Å². The van der Waals surface area contributed by atoms with Crippen molar-refractivity contribution in [2.24, 2.45) is 11.8 Å². The van der Waals surface area contributed by atoms with Gasteiger partial charge in [0, 0.05) is 37.9 Å². The van der Waals surface area contributed by atoms with Crippen molar-refractivity contribution in [3.8, 4) is 0 Å². The zero-order valence-electron chi connectivity index (χ0n) is 19.1. The number of carbonyl (C=O) groups is 2. The van der Waals surface area contributed by atoms with Crippen molar-refractivity contribution in [1.29, 1.82) is 0 Å². The minimum Gasteiger partial charge on any atom is -0.475 e. The average molecular weight is 559 g/mol. The molecule has 2 saturated heterocycles. The maximum atomic E-state index is 10.6. The van der Waals surface area contributed by atoms with Crippen LogP contribution in [0.4, 0.5) is 32.3 Å². The fraction of sp³-hybridized carbons (Fsp3) is 0.524. The van der Waals surface area contributed by atoms with Crippen molar-refractivity contribution >= 4 is 29.2 Å². The van der Waals surface area contributed by atoms with Gasteiger partial charge in [-0.25, -0.2) is 19.6 Å². The Kier molecular flexibility index (Phi) is 11.1. The molecule has 0 saturated carbocycles. The van der Waals surface area contributed by atoms with Gasteiger partial charge < -0.3 is 20.3 Å². The van der Waals surface area contributed by atoms with Gasteiger partial charge in [0.15, 0.2) is 0 Å². The van der Waals surface area contributed by atoms with Crippen LogP contribution in [0.5, 0.6) is 0 Å². The molecular weight excluding hydrogens is 534 g/mol. The fourth-order valence-electron chi connectivity index (χ4n) is 3.74. The van der Waals surface area contributed by atoms with Crippen molar-refractivity contribution in [3.05, 3.63) is 40.8 Å². The predicted molar refractivity (Wildman–Crippen MR) is 119 cm³/mol. The molecule has 0 amide bonds. The largest absolute Gasteiger partial charge is 0.490 e. The molecule has 3 atom stereocenters. The number of ether oxygens (including phenoxy) is 1. The molecule has 4 heterocycles. The van der Waals surface area contributed by atoms with Gasteiger partial charge >= 0.3 is 24.3 Å². The van der Waals surface area contributed by atoms with Crippen molar-refractivity contribution in [1.82, 2.24) is 14.9 Å². The number of anilines is 1. The summed E-state index contributed by atoms with van der Waals surface area (Å²) in [5.41, 5.74) is 1.44. The van der Waals surface area contributed by atoms with Gasteiger partial charge in [-0.2, -0.15) is 37.7 Å². The molecule has 2 aromatic rings. The van der Waals surface area contributed by atoms with E-state index in [-0.39, 0.29) is 6.10 Å². The quantitative estimate of drug-likeness (QED) is 0.471. The number of nitrogens with zero attached hydrogens (tertiary/aromatic N) is 3. The van der Waals surface area contributed by atoms with Gasteiger partial charge in [0.25, 0.3) is 0 Å². The van der Waals surface area contributed by atoms with Gasteiger partial charge in [-0.1, -0.05) is 0 Å². The summed E-state index contributed by atoms with van der Waals surface area (Å²) < 4.78 is 69.5. The van der Waals surface area contributed by atoms with E-state index < -0.39 is 24.3 Å². The van der Waals surface area contributed by atoms with Gasteiger partial charge in [0.1, 0.15) is 0 Å². The summed E-state index contributed by atoms with van der Waals surface area (Å²) in [5, 5.41) is 22.0. The molecule has 0 spiro atoms. The van der Waals surface area contributed by atoms with E-state index in [2.05, 4.69) is 37.0 Å². The van der Waals surface area contributed by atoms with Crippen molar-refractivity contribution < 1.29 is 50.9 Å². The van der Waals surface area contributed by atoms with E-state index in [9.17, 15) is 26.3 Å². The van der Waals surface area contributed by atoms with Crippen LogP contribution in [0.15, 0.2) is 35.3 Å². The molecule has 206 valence electrons. The van der Waals surface area contributed by atoms with Crippen LogP contribution in [0.1, 0.15) is 12.0 Å². The van der Waals surface area contributed by atoms with Crippen LogP contribution < -0.4 is 5.32 Å². The molecule has 0 radical (unpaired) electrons. The van der Waals surface area contributed by atoms with Crippen LogP contribution in [-0.4, -0.2) is 81.7 Å². The number of carboxylic acid groups (broad SMARTS) is 2. The maximum Gasteiger partial charge on any atom is 0.490 e. The van der Waals surface area contributed by atoms with Crippen molar-refractivity contribution in [2.45, 2.75) is 31.4 Å². The lowest BCUT2D eigenvalue weighted by Gasteiger charge is -2.35.